The van der Waals surface area contributed by atoms with Gasteiger partial charge in [0, 0.05) is 11.3 Å². The lowest BCUT2D eigenvalue weighted by Gasteiger charge is -2.18. The SMILES string of the molecule is Cc1cccc(C)c1Nc1nnc(SCC(=O)c2ccc3c(c2)NC(=O)CO3)s1. The Morgan fingerprint density at radius 2 is 2.03 bits per heavy atom. The van der Waals surface area contributed by atoms with Gasteiger partial charge in [-0.1, -0.05) is 41.3 Å². The first-order valence-corrected chi connectivity index (χ1v) is 10.7. The van der Waals surface area contributed by atoms with E-state index in [1.807, 2.05) is 32.0 Å². The molecular formula is C20H18N4O3S2. The molecule has 1 aromatic heterocycles. The second-order valence-electron chi connectivity index (χ2n) is 6.52. The van der Waals surface area contributed by atoms with Crippen molar-refractivity contribution in [3.63, 3.8) is 0 Å². The summed E-state index contributed by atoms with van der Waals surface area (Å²) in [6.45, 7) is 4.07. The van der Waals surface area contributed by atoms with Gasteiger partial charge in [0.2, 0.25) is 5.13 Å². The number of ketones is 1. The number of nitrogens with zero attached hydrogens (tertiary/aromatic N) is 2. The van der Waals surface area contributed by atoms with Crippen molar-refractivity contribution < 1.29 is 14.3 Å². The smallest absolute Gasteiger partial charge is 0.262 e. The second-order valence-corrected chi connectivity index (χ2v) is 8.72. The summed E-state index contributed by atoms with van der Waals surface area (Å²) in [7, 11) is 0. The van der Waals surface area contributed by atoms with Crippen LogP contribution in [0.15, 0.2) is 40.7 Å². The summed E-state index contributed by atoms with van der Waals surface area (Å²) in [4.78, 5) is 24.0. The van der Waals surface area contributed by atoms with Gasteiger partial charge in [-0.2, -0.15) is 0 Å². The molecule has 0 saturated heterocycles. The van der Waals surface area contributed by atoms with Gasteiger partial charge < -0.3 is 15.4 Å². The first kappa shape index (κ1) is 19.4. The highest BCUT2D eigenvalue weighted by atomic mass is 32.2. The van der Waals surface area contributed by atoms with Crippen LogP contribution < -0.4 is 15.4 Å². The highest BCUT2D eigenvalue weighted by molar-refractivity contribution is 8.01. The molecule has 2 N–H and O–H groups in total. The van der Waals surface area contributed by atoms with Gasteiger partial charge in [-0.25, -0.2) is 0 Å². The summed E-state index contributed by atoms with van der Waals surface area (Å²) in [6.07, 6.45) is 0. The number of hydrogen-bond donors (Lipinski definition) is 2. The Kier molecular flexibility index (Phi) is 5.50. The van der Waals surface area contributed by atoms with Gasteiger partial charge in [-0.3, -0.25) is 9.59 Å². The zero-order valence-electron chi connectivity index (χ0n) is 15.8. The normalized spacial score (nSPS) is 12.7. The van der Waals surface area contributed by atoms with Gasteiger partial charge in [0.1, 0.15) is 5.75 Å². The molecular weight excluding hydrogens is 408 g/mol. The maximum Gasteiger partial charge on any atom is 0.262 e. The summed E-state index contributed by atoms with van der Waals surface area (Å²) >= 11 is 2.74. The molecule has 2 aromatic carbocycles. The van der Waals surface area contributed by atoms with Crippen LogP contribution >= 0.6 is 23.1 Å². The Morgan fingerprint density at radius 3 is 2.83 bits per heavy atom. The Balaban J connectivity index is 1.39. The molecule has 0 aliphatic carbocycles. The van der Waals surface area contributed by atoms with Crippen molar-refractivity contribution in [1.82, 2.24) is 10.2 Å². The number of amides is 1. The number of thioether (sulfide) groups is 1. The van der Waals surface area contributed by atoms with Crippen LogP contribution in [0.2, 0.25) is 0 Å². The van der Waals surface area contributed by atoms with Gasteiger partial charge in [0.25, 0.3) is 5.91 Å². The predicted octanol–water partition coefficient (Wildman–Crippen LogP) is 4.20. The number of hydrogen-bond acceptors (Lipinski definition) is 8. The molecule has 0 radical (unpaired) electrons. The van der Waals surface area contributed by atoms with Crippen LogP contribution in [0.3, 0.4) is 0 Å². The zero-order chi connectivity index (χ0) is 20.4. The fourth-order valence-corrected chi connectivity index (χ4v) is 4.56. The number of Topliss-reactive ketones (excluding diaryl/α,β-unsaturated/α-hetero) is 1. The van der Waals surface area contributed by atoms with Crippen molar-refractivity contribution in [1.29, 1.82) is 0 Å². The van der Waals surface area contributed by atoms with E-state index in [9.17, 15) is 9.59 Å². The minimum Gasteiger partial charge on any atom is -0.482 e. The van der Waals surface area contributed by atoms with Gasteiger partial charge in [-0.05, 0) is 43.2 Å². The monoisotopic (exact) mass is 426 g/mol. The molecule has 1 amide bonds. The molecule has 0 spiro atoms. The van der Waals surface area contributed by atoms with Crippen molar-refractivity contribution in [3.05, 3.63) is 53.1 Å². The number of rotatable bonds is 6. The van der Waals surface area contributed by atoms with E-state index < -0.39 is 0 Å². The fraction of sp³-hybridized carbons (Fsp3) is 0.200. The minimum atomic E-state index is -0.228. The molecule has 1 aliphatic heterocycles. The van der Waals surface area contributed by atoms with Gasteiger partial charge in [0.15, 0.2) is 16.7 Å². The van der Waals surface area contributed by atoms with Crippen molar-refractivity contribution in [3.8, 4) is 5.75 Å². The van der Waals surface area contributed by atoms with Crippen LogP contribution in [0.25, 0.3) is 0 Å². The maximum atomic E-state index is 12.5. The highest BCUT2D eigenvalue weighted by Crippen LogP contribution is 2.32. The standard InChI is InChI=1S/C20H18N4O3S2/c1-11-4-3-5-12(2)18(11)22-19-23-24-20(29-19)28-10-15(25)13-6-7-16-14(8-13)21-17(26)9-27-16/h3-8H,9-10H2,1-2H3,(H,21,26)(H,22,23). The first-order valence-electron chi connectivity index (χ1n) is 8.89. The molecule has 3 aromatic rings. The molecule has 0 atom stereocenters. The van der Waals surface area contributed by atoms with E-state index in [1.165, 1.54) is 23.1 Å². The molecule has 1 aliphatic rings. The summed E-state index contributed by atoms with van der Waals surface area (Å²) in [5.74, 6) is 0.512. The largest absolute Gasteiger partial charge is 0.482 e. The van der Waals surface area contributed by atoms with Crippen LogP contribution in [0.4, 0.5) is 16.5 Å². The molecule has 148 valence electrons. The van der Waals surface area contributed by atoms with Crippen molar-refractivity contribution in [2.24, 2.45) is 0 Å². The number of nitrogens with one attached hydrogen (secondary N) is 2. The summed E-state index contributed by atoms with van der Waals surface area (Å²) in [5, 5.41) is 15.0. The maximum absolute atomic E-state index is 12.5. The topological polar surface area (TPSA) is 93.2 Å². The van der Waals surface area contributed by atoms with E-state index in [2.05, 4.69) is 20.8 Å². The molecule has 4 rings (SSSR count). The molecule has 0 saturated carbocycles. The van der Waals surface area contributed by atoms with Crippen LogP contribution in [0.5, 0.6) is 5.75 Å². The van der Waals surface area contributed by atoms with Crippen LogP contribution in [-0.2, 0) is 4.79 Å². The zero-order valence-corrected chi connectivity index (χ0v) is 17.4. The number of para-hydroxylation sites is 1. The molecule has 7 nitrogen and oxygen atoms in total. The Bertz CT molecular complexity index is 1080. The van der Waals surface area contributed by atoms with Crippen LogP contribution in [-0.4, -0.2) is 34.2 Å². The molecule has 29 heavy (non-hydrogen) atoms. The third-order valence-corrected chi connectivity index (χ3v) is 6.35. The van der Waals surface area contributed by atoms with E-state index in [1.54, 1.807) is 18.2 Å². The third kappa shape index (κ3) is 4.41. The number of anilines is 3. The Morgan fingerprint density at radius 1 is 1.24 bits per heavy atom. The highest BCUT2D eigenvalue weighted by Gasteiger charge is 2.18. The number of carbonyl (C=O) groups is 2. The number of aryl methyl sites for hydroxylation is 2. The summed E-state index contributed by atoms with van der Waals surface area (Å²) in [6, 6.07) is 11.1. The Hall–Kier alpha value is -2.91. The van der Waals surface area contributed by atoms with E-state index in [0.717, 1.165) is 16.8 Å². The molecule has 0 unspecified atom stereocenters. The van der Waals surface area contributed by atoms with Gasteiger partial charge >= 0.3 is 0 Å². The summed E-state index contributed by atoms with van der Waals surface area (Å²) in [5.41, 5.74) is 4.32. The van der Waals surface area contributed by atoms with Crippen LogP contribution in [0.1, 0.15) is 21.5 Å². The number of ether oxygens (including phenoxy) is 1. The van der Waals surface area contributed by atoms with E-state index in [4.69, 9.17) is 4.74 Å². The summed E-state index contributed by atoms with van der Waals surface area (Å²) < 4.78 is 6.03. The number of benzene rings is 2. The van der Waals surface area contributed by atoms with Crippen molar-refractivity contribution >= 4 is 51.3 Å². The lowest BCUT2D eigenvalue weighted by Crippen LogP contribution is -2.25. The molecule has 0 fully saturated rings. The second kappa shape index (κ2) is 8.22. The van der Waals surface area contributed by atoms with E-state index in [0.29, 0.717) is 26.5 Å². The average molecular weight is 427 g/mol. The minimum absolute atomic E-state index is 0.00834. The van der Waals surface area contributed by atoms with E-state index >= 15 is 0 Å². The number of aromatic nitrogens is 2. The van der Waals surface area contributed by atoms with Gasteiger partial charge in [-0.15, -0.1) is 10.2 Å². The molecule has 2 heterocycles. The first-order chi connectivity index (χ1) is 14.0. The Labute approximate surface area is 175 Å². The fourth-order valence-electron chi connectivity index (χ4n) is 2.90. The number of carbonyl (C=O) groups excluding carboxylic acids is 2. The lowest BCUT2D eigenvalue weighted by atomic mass is 10.1. The lowest BCUT2D eigenvalue weighted by molar-refractivity contribution is -0.118. The quantitative estimate of drug-likeness (QED) is 0.451. The van der Waals surface area contributed by atoms with Crippen molar-refractivity contribution in [2.75, 3.05) is 23.0 Å². The van der Waals surface area contributed by atoms with Crippen LogP contribution in [0, 0.1) is 13.8 Å². The molecule has 0 bridgehead atoms. The predicted molar refractivity (Wildman–Crippen MR) is 115 cm³/mol. The number of fused-ring (bicyclic) bond motifs is 1. The third-order valence-electron chi connectivity index (χ3n) is 4.38. The average Bonchev–Trinajstić information content (AvgIpc) is 3.16. The van der Waals surface area contributed by atoms with Crippen molar-refractivity contribution in [2.45, 2.75) is 18.2 Å². The van der Waals surface area contributed by atoms with E-state index in [-0.39, 0.29) is 24.1 Å². The molecule has 9 heteroatoms. The van der Waals surface area contributed by atoms with Gasteiger partial charge in [0.05, 0.1) is 11.4 Å².